The fraction of sp³-hybridized carbons (Fsp3) is 0. The quantitative estimate of drug-likeness (QED) is 0.209. The highest BCUT2D eigenvalue weighted by atomic mass is 16.3. The first-order valence-corrected chi connectivity index (χ1v) is 14.4. The van der Waals surface area contributed by atoms with Crippen LogP contribution in [0.2, 0.25) is 0 Å². The first kappa shape index (κ1) is 23.1. The average molecular weight is 536 g/mol. The summed E-state index contributed by atoms with van der Waals surface area (Å²) in [7, 11) is 0. The zero-order valence-corrected chi connectivity index (χ0v) is 22.8. The minimum atomic E-state index is 0.898. The molecule has 0 atom stereocenters. The molecule has 2 nitrogen and oxygen atoms in total. The fourth-order valence-electron chi connectivity index (χ4n) is 6.62. The van der Waals surface area contributed by atoms with Crippen LogP contribution in [0.5, 0.6) is 0 Å². The minimum Gasteiger partial charge on any atom is -0.455 e. The van der Waals surface area contributed by atoms with E-state index in [1.807, 2.05) is 0 Å². The van der Waals surface area contributed by atoms with E-state index in [0.717, 1.165) is 44.4 Å². The van der Waals surface area contributed by atoms with Gasteiger partial charge >= 0.3 is 0 Å². The van der Waals surface area contributed by atoms with E-state index in [9.17, 15) is 0 Å². The normalized spacial score (nSPS) is 11.8. The second-order valence-corrected chi connectivity index (χ2v) is 11.0. The lowest BCUT2D eigenvalue weighted by Crippen LogP contribution is -2.09. The highest BCUT2D eigenvalue weighted by Crippen LogP contribution is 2.42. The maximum atomic E-state index is 6.43. The van der Waals surface area contributed by atoms with Crippen LogP contribution in [0.15, 0.2) is 156 Å². The first-order valence-electron chi connectivity index (χ1n) is 14.4. The summed E-state index contributed by atoms with van der Waals surface area (Å²) < 4.78 is 6.43. The van der Waals surface area contributed by atoms with Crippen molar-refractivity contribution in [3.63, 3.8) is 0 Å². The predicted octanol–water partition coefficient (Wildman–Crippen LogP) is 11.7. The van der Waals surface area contributed by atoms with Crippen molar-refractivity contribution in [2.24, 2.45) is 0 Å². The molecule has 1 aromatic heterocycles. The highest BCUT2D eigenvalue weighted by Gasteiger charge is 2.17. The molecule has 0 aliphatic rings. The van der Waals surface area contributed by atoms with Gasteiger partial charge in [-0.05, 0) is 86.2 Å². The average Bonchev–Trinajstić information content (AvgIpc) is 3.43. The van der Waals surface area contributed by atoms with Crippen LogP contribution in [0.3, 0.4) is 0 Å². The standard InChI is InChI=1S/C40H25NO/c1-2-10-30(11-3-1)41(32-20-23-38-37(25-32)36-21-18-27-9-5-7-13-35(27)40(36)42-38)31-19-22-34-29(24-31)17-16-28-15-14-26-8-4-6-12-33(26)39(28)34/h1-25H. The Balaban J connectivity index is 1.27. The van der Waals surface area contributed by atoms with Crippen LogP contribution in [0.25, 0.3) is 65.0 Å². The van der Waals surface area contributed by atoms with Gasteiger partial charge in [0.25, 0.3) is 0 Å². The van der Waals surface area contributed by atoms with Crippen molar-refractivity contribution in [3.05, 3.63) is 152 Å². The number of hydrogen-bond acceptors (Lipinski definition) is 2. The van der Waals surface area contributed by atoms with Crippen molar-refractivity contribution >= 4 is 82.1 Å². The molecule has 0 bridgehead atoms. The zero-order valence-electron chi connectivity index (χ0n) is 22.8. The number of para-hydroxylation sites is 1. The molecule has 42 heavy (non-hydrogen) atoms. The van der Waals surface area contributed by atoms with Crippen molar-refractivity contribution in [2.75, 3.05) is 4.90 Å². The molecule has 196 valence electrons. The Morgan fingerprint density at radius 2 is 0.952 bits per heavy atom. The van der Waals surface area contributed by atoms with Gasteiger partial charge in [0.2, 0.25) is 0 Å². The molecule has 8 aromatic carbocycles. The molecule has 0 saturated carbocycles. The maximum Gasteiger partial charge on any atom is 0.143 e. The highest BCUT2D eigenvalue weighted by molar-refractivity contribution is 6.21. The van der Waals surface area contributed by atoms with Crippen molar-refractivity contribution < 1.29 is 4.42 Å². The Bertz CT molecular complexity index is 2470. The molecule has 0 aliphatic carbocycles. The first-order chi connectivity index (χ1) is 20.8. The van der Waals surface area contributed by atoms with E-state index in [-0.39, 0.29) is 0 Å². The molecule has 9 rings (SSSR count). The van der Waals surface area contributed by atoms with E-state index in [4.69, 9.17) is 4.42 Å². The van der Waals surface area contributed by atoms with Crippen LogP contribution in [-0.4, -0.2) is 0 Å². The number of benzene rings is 8. The van der Waals surface area contributed by atoms with E-state index < -0.39 is 0 Å². The van der Waals surface area contributed by atoms with E-state index in [0.29, 0.717) is 0 Å². The summed E-state index contributed by atoms with van der Waals surface area (Å²) in [5.74, 6) is 0. The monoisotopic (exact) mass is 535 g/mol. The van der Waals surface area contributed by atoms with E-state index in [1.54, 1.807) is 0 Å². The Morgan fingerprint density at radius 3 is 1.81 bits per heavy atom. The predicted molar refractivity (Wildman–Crippen MR) is 178 cm³/mol. The van der Waals surface area contributed by atoms with Gasteiger partial charge < -0.3 is 9.32 Å². The maximum absolute atomic E-state index is 6.43. The summed E-state index contributed by atoms with van der Waals surface area (Å²) in [5.41, 5.74) is 5.16. The van der Waals surface area contributed by atoms with Crippen molar-refractivity contribution in [3.8, 4) is 0 Å². The zero-order chi connectivity index (χ0) is 27.6. The summed E-state index contributed by atoms with van der Waals surface area (Å²) in [6, 6.07) is 54.4. The van der Waals surface area contributed by atoms with Crippen LogP contribution in [-0.2, 0) is 0 Å². The molecule has 0 N–H and O–H groups in total. The summed E-state index contributed by atoms with van der Waals surface area (Å²) in [6.07, 6.45) is 0. The smallest absolute Gasteiger partial charge is 0.143 e. The van der Waals surface area contributed by atoms with Gasteiger partial charge in [-0.2, -0.15) is 0 Å². The third-order valence-electron chi connectivity index (χ3n) is 8.58. The second kappa shape index (κ2) is 8.95. The summed E-state index contributed by atoms with van der Waals surface area (Å²) >= 11 is 0. The van der Waals surface area contributed by atoms with Gasteiger partial charge in [0.05, 0.1) is 0 Å². The van der Waals surface area contributed by atoms with E-state index in [1.165, 1.54) is 37.7 Å². The Morgan fingerprint density at radius 1 is 0.357 bits per heavy atom. The lowest BCUT2D eigenvalue weighted by molar-refractivity contribution is 0.672. The van der Waals surface area contributed by atoms with Gasteiger partial charge in [0, 0.05) is 33.2 Å². The molecular formula is C40H25NO. The molecule has 0 spiro atoms. The number of anilines is 3. The Hall–Kier alpha value is -5.60. The minimum absolute atomic E-state index is 0.898. The molecule has 0 amide bonds. The van der Waals surface area contributed by atoms with Gasteiger partial charge in [-0.25, -0.2) is 0 Å². The van der Waals surface area contributed by atoms with Crippen LogP contribution in [0, 0.1) is 0 Å². The molecule has 0 unspecified atom stereocenters. The molecule has 1 heterocycles. The Kier molecular flexibility index (Phi) is 4.93. The third kappa shape index (κ3) is 3.45. The molecule has 0 saturated heterocycles. The topological polar surface area (TPSA) is 16.4 Å². The SMILES string of the molecule is c1ccc(N(c2ccc3c(ccc4ccc5ccccc5c43)c2)c2ccc3oc4c5ccccc5ccc4c3c2)cc1. The lowest BCUT2D eigenvalue weighted by atomic mass is 9.96. The van der Waals surface area contributed by atoms with Gasteiger partial charge in [-0.1, -0.05) is 103 Å². The number of nitrogens with zero attached hydrogens (tertiary/aromatic N) is 1. The van der Waals surface area contributed by atoms with Crippen molar-refractivity contribution in [1.29, 1.82) is 0 Å². The number of fused-ring (bicyclic) bond motifs is 10. The number of rotatable bonds is 3. The largest absolute Gasteiger partial charge is 0.455 e. The van der Waals surface area contributed by atoms with Crippen LogP contribution in [0.4, 0.5) is 17.1 Å². The van der Waals surface area contributed by atoms with Crippen LogP contribution in [0.1, 0.15) is 0 Å². The second-order valence-electron chi connectivity index (χ2n) is 11.0. The lowest BCUT2D eigenvalue weighted by Gasteiger charge is -2.26. The molecule has 2 heteroatoms. The van der Waals surface area contributed by atoms with Crippen LogP contribution >= 0.6 is 0 Å². The van der Waals surface area contributed by atoms with E-state index in [2.05, 4.69) is 157 Å². The molecule has 0 radical (unpaired) electrons. The summed E-state index contributed by atoms with van der Waals surface area (Å²) in [6.45, 7) is 0. The molecular weight excluding hydrogens is 510 g/mol. The third-order valence-corrected chi connectivity index (χ3v) is 8.58. The van der Waals surface area contributed by atoms with Gasteiger partial charge in [0.1, 0.15) is 11.2 Å². The van der Waals surface area contributed by atoms with Crippen molar-refractivity contribution in [1.82, 2.24) is 0 Å². The van der Waals surface area contributed by atoms with Gasteiger partial charge in [-0.3, -0.25) is 0 Å². The van der Waals surface area contributed by atoms with E-state index >= 15 is 0 Å². The Labute approximate surface area is 242 Å². The fourth-order valence-corrected chi connectivity index (χ4v) is 6.62. The number of furan rings is 1. The molecule has 0 aliphatic heterocycles. The van der Waals surface area contributed by atoms with Crippen molar-refractivity contribution in [2.45, 2.75) is 0 Å². The number of hydrogen-bond donors (Lipinski definition) is 0. The summed E-state index contributed by atoms with van der Waals surface area (Å²) in [4.78, 5) is 2.34. The molecule has 9 aromatic rings. The van der Waals surface area contributed by atoms with Gasteiger partial charge in [0.15, 0.2) is 0 Å². The van der Waals surface area contributed by atoms with Crippen LogP contribution < -0.4 is 4.90 Å². The van der Waals surface area contributed by atoms with Gasteiger partial charge in [-0.15, -0.1) is 0 Å². The molecule has 0 fully saturated rings. The summed E-state index contributed by atoms with van der Waals surface area (Å²) in [5, 5.41) is 12.2.